The van der Waals surface area contributed by atoms with Gasteiger partial charge in [0.2, 0.25) is 0 Å². The summed E-state index contributed by atoms with van der Waals surface area (Å²) in [7, 11) is 0. The fourth-order valence-corrected chi connectivity index (χ4v) is 2.48. The Kier molecular flexibility index (Phi) is 3.03. The van der Waals surface area contributed by atoms with E-state index in [1.165, 1.54) is 5.56 Å². The van der Waals surface area contributed by atoms with E-state index in [9.17, 15) is 5.11 Å². The van der Waals surface area contributed by atoms with Gasteiger partial charge in [-0.1, -0.05) is 26.8 Å². The Morgan fingerprint density at radius 1 is 1.24 bits per heavy atom. The van der Waals surface area contributed by atoms with E-state index in [1.54, 1.807) is 0 Å². The molecule has 94 valence electrons. The first-order chi connectivity index (χ1) is 7.81. The largest absolute Gasteiger partial charge is 0.384 e. The molecule has 1 aromatic rings. The Hall–Kier alpha value is -0.890. The monoisotopic (exact) mass is 233 g/mol. The van der Waals surface area contributed by atoms with Crippen LogP contribution in [0.25, 0.3) is 0 Å². The van der Waals surface area contributed by atoms with Gasteiger partial charge in [0.15, 0.2) is 0 Å². The zero-order chi connectivity index (χ0) is 12.7. The molecule has 1 aliphatic rings. The van der Waals surface area contributed by atoms with Gasteiger partial charge in [-0.05, 0) is 44.2 Å². The first-order valence-corrected chi connectivity index (χ1v) is 6.54. The number of nitrogens with zero attached hydrogens (tertiary/aromatic N) is 1. The molecule has 0 aromatic carbocycles. The quantitative estimate of drug-likeness (QED) is 0.697. The topological polar surface area (TPSA) is 33.1 Å². The number of hydrogen-bond acceptors (Lipinski definition) is 2. The Balaban J connectivity index is 2.52. The number of rotatable bonds is 0. The van der Waals surface area contributed by atoms with Crippen molar-refractivity contribution in [3.8, 4) is 0 Å². The molecule has 17 heavy (non-hydrogen) atoms. The van der Waals surface area contributed by atoms with E-state index in [0.717, 1.165) is 37.1 Å². The molecule has 1 atom stereocenters. The average molecular weight is 233 g/mol. The van der Waals surface area contributed by atoms with Crippen molar-refractivity contribution in [3.63, 3.8) is 0 Å². The summed E-state index contributed by atoms with van der Waals surface area (Å²) in [4.78, 5) is 4.75. The van der Waals surface area contributed by atoms with Crippen LogP contribution in [0.5, 0.6) is 0 Å². The van der Waals surface area contributed by atoms with E-state index in [-0.39, 0.29) is 5.41 Å². The molecule has 0 saturated heterocycles. The second-order valence-electron chi connectivity index (χ2n) is 6.44. The summed E-state index contributed by atoms with van der Waals surface area (Å²) < 4.78 is 0. The van der Waals surface area contributed by atoms with Crippen molar-refractivity contribution < 1.29 is 5.11 Å². The lowest BCUT2D eigenvalue weighted by Gasteiger charge is -2.26. The van der Waals surface area contributed by atoms with Crippen LogP contribution in [0.1, 0.15) is 63.9 Å². The summed E-state index contributed by atoms with van der Waals surface area (Å²) >= 11 is 0. The zero-order valence-corrected chi connectivity index (χ0v) is 11.4. The third-order valence-corrected chi connectivity index (χ3v) is 3.62. The number of aromatic nitrogens is 1. The second kappa shape index (κ2) is 4.09. The van der Waals surface area contributed by atoms with Gasteiger partial charge in [0, 0.05) is 11.1 Å². The van der Waals surface area contributed by atoms with Gasteiger partial charge >= 0.3 is 0 Å². The smallest absolute Gasteiger partial charge is 0.104 e. The maximum atomic E-state index is 10.5. The van der Waals surface area contributed by atoms with E-state index >= 15 is 0 Å². The predicted molar refractivity (Wildman–Crippen MR) is 70.1 cm³/mol. The lowest BCUT2D eigenvalue weighted by Crippen LogP contribution is -2.25. The van der Waals surface area contributed by atoms with Crippen molar-refractivity contribution in [2.45, 2.75) is 64.4 Å². The molecular weight excluding hydrogens is 210 g/mol. The normalized spacial score (nSPS) is 25.2. The third kappa shape index (κ3) is 2.52. The van der Waals surface area contributed by atoms with Crippen LogP contribution in [-0.2, 0) is 17.4 Å². The van der Waals surface area contributed by atoms with Gasteiger partial charge in [-0.3, -0.25) is 4.98 Å². The van der Waals surface area contributed by atoms with Crippen LogP contribution in [0.15, 0.2) is 12.1 Å². The Morgan fingerprint density at radius 3 is 2.59 bits per heavy atom. The van der Waals surface area contributed by atoms with Crippen molar-refractivity contribution in [3.05, 3.63) is 29.1 Å². The Bertz CT molecular complexity index is 415. The highest BCUT2D eigenvalue weighted by Crippen LogP contribution is 2.34. The molecule has 0 bridgehead atoms. The van der Waals surface area contributed by atoms with Gasteiger partial charge in [0.05, 0.1) is 5.69 Å². The molecule has 0 fully saturated rings. The van der Waals surface area contributed by atoms with Gasteiger partial charge in [0.25, 0.3) is 0 Å². The molecule has 0 amide bonds. The second-order valence-corrected chi connectivity index (χ2v) is 6.44. The average Bonchev–Trinajstić information content (AvgIpc) is 2.36. The summed E-state index contributed by atoms with van der Waals surface area (Å²) in [5.74, 6) is 0. The van der Waals surface area contributed by atoms with Crippen LogP contribution in [0, 0.1) is 0 Å². The summed E-state index contributed by atoms with van der Waals surface area (Å²) in [5.41, 5.74) is 2.48. The van der Waals surface area contributed by atoms with Crippen molar-refractivity contribution in [1.29, 1.82) is 0 Å². The molecule has 2 nitrogen and oxygen atoms in total. The molecule has 1 heterocycles. The van der Waals surface area contributed by atoms with Crippen LogP contribution >= 0.6 is 0 Å². The zero-order valence-electron chi connectivity index (χ0n) is 11.4. The van der Waals surface area contributed by atoms with Gasteiger partial charge in [-0.25, -0.2) is 0 Å². The molecule has 0 spiro atoms. The van der Waals surface area contributed by atoms with Crippen LogP contribution in [0.2, 0.25) is 0 Å². The van der Waals surface area contributed by atoms with Crippen LogP contribution in [0.4, 0.5) is 0 Å². The molecule has 1 unspecified atom stereocenters. The van der Waals surface area contributed by atoms with E-state index in [1.807, 2.05) is 6.92 Å². The van der Waals surface area contributed by atoms with Gasteiger partial charge in [-0.15, -0.1) is 0 Å². The highest BCUT2D eigenvalue weighted by molar-refractivity contribution is 5.30. The summed E-state index contributed by atoms with van der Waals surface area (Å²) in [6, 6.07) is 4.27. The lowest BCUT2D eigenvalue weighted by atomic mass is 9.88. The number of fused-ring (bicyclic) bond motifs is 1. The lowest BCUT2D eigenvalue weighted by molar-refractivity contribution is 0.0425. The predicted octanol–water partition coefficient (Wildman–Crippen LogP) is 3.31. The van der Waals surface area contributed by atoms with Crippen LogP contribution < -0.4 is 0 Å². The van der Waals surface area contributed by atoms with Crippen molar-refractivity contribution in [2.24, 2.45) is 0 Å². The minimum absolute atomic E-state index is 0.0391. The molecular formula is C15H23NO. The Morgan fingerprint density at radius 2 is 1.94 bits per heavy atom. The Labute approximate surface area is 104 Å². The van der Waals surface area contributed by atoms with E-state index in [2.05, 4.69) is 32.9 Å². The number of aliphatic hydroxyl groups is 1. The first-order valence-electron chi connectivity index (χ1n) is 6.54. The standard InChI is InChI=1S/C15H23NO/c1-14(2,3)12-9-8-11-7-5-6-10-15(4,17)13(11)16-12/h8-9,17H,5-7,10H2,1-4H3. The maximum Gasteiger partial charge on any atom is 0.104 e. The van der Waals surface area contributed by atoms with E-state index in [4.69, 9.17) is 4.98 Å². The molecule has 2 heteroatoms. The van der Waals surface area contributed by atoms with E-state index in [0.29, 0.717) is 0 Å². The molecule has 1 aromatic heterocycles. The highest BCUT2D eigenvalue weighted by atomic mass is 16.3. The van der Waals surface area contributed by atoms with Crippen LogP contribution in [-0.4, -0.2) is 10.1 Å². The number of aryl methyl sites for hydroxylation is 1. The molecule has 0 saturated carbocycles. The third-order valence-electron chi connectivity index (χ3n) is 3.62. The molecule has 1 N–H and O–H groups in total. The first kappa shape index (κ1) is 12.6. The molecule has 2 rings (SSSR count). The van der Waals surface area contributed by atoms with E-state index < -0.39 is 5.60 Å². The highest BCUT2D eigenvalue weighted by Gasteiger charge is 2.30. The number of pyridine rings is 1. The van der Waals surface area contributed by atoms with Crippen molar-refractivity contribution in [2.75, 3.05) is 0 Å². The van der Waals surface area contributed by atoms with Gasteiger partial charge < -0.3 is 5.11 Å². The summed E-state index contributed by atoms with van der Waals surface area (Å²) in [5, 5.41) is 10.5. The molecule has 0 aliphatic heterocycles. The fourth-order valence-electron chi connectivity index (χ4n) is 2.48. The summed E-state index contributed by atoms with van der Waals surface area (Å²) in [6.07, 6.45) is 4.09. The minimum atomic E-state index is -0.757. The van der Waals surface area contributed by atoms with Crippen LogP contribution in [0.3, 0.4) is 0 Å². The summed E-state index contributed by atoms with van der Waals surface area (Å²) in [6.45, 7) is 8.38. The minimum Gasteiger partial charge on any atom is -0.384 e. The molecule has 1 aliphatic carbocycles. The number of hydrogen-bond donors (Lipinski definition) is 1. The fraction of sp³-hybridized carbons (Fsp3) is 0.667. The van der Waals surface area contributed by atoms with Gasteiger partial charge in [-0.2, -0.15) is 0 Å². The molecule has 0 radical (unpaired) electrons. The SMILES string of the molecule is CC(C)(C)c1ccc2c(n1)C(C)(O)CCCC2. The maximum absolute atomic E-state index is 10.5. The van der Waals surface area contributed by atoms with Gasteiger partial charge in [0.1, 0.15) is 5.60 Å². The van der Waals surface area contributed by atoms with Crippen molar-refractivity contribution in [1.82, 2.24) is 4.98 Å². The van der Waals surface area contributed by atoms with Crippen molar-refractivity contribution >= 4 is 0 Å².